The van der Waals surface area contributed by atoms with E-state index in [0.717, 1.165) is 13.0 Å². The van der Waals surface area contributed by atoms with Crippen molar-refractivity contribution in [2.24, 2.45) is 0 Å². The van der Waals surface area contributed by atoms with E-state index >= 15 is 0 Å². The molecule has 3 nitrogen and oxygen atoms in total. The number of pyridine rings is 1. The number of rotatable bonds is 2. The minimum absolute atomic E-state index is 0.561. The average molecular weight is 185 g/mol. The molecule has 0 amide bonds. The molecule has 0 saturated heterocycles. The molecule has 0 bridgehead atoms. The molecule has 0 spiro atoms. The van der Waals surface area contributed by atoms with Crippen molar-refractivity contribution in [1.29, 1.82) is 5.26 Å². The molecule has 0 radical (unpaired) electrons. The number of hydrogen-bond donors (Lipinski definition) is 1. The van der Waals surface area contributed by atoms with Gasteiger partial charge >= 0.3 is 0 Å². The van der Waals surface area contributed by atoms with E-state index in [9.17, 15) is 0 Å². The monoisotopic (exact) mass is 185 g/mol. The lowest BCUT2D eigenvalue weighted by molar-refractivity contribution is 0.818. The van der Waals surface area contributed by atoms with Crippen LogP contribution in [-0.4, -0.2) is 18.6 Å². The summed E-state index contributed by atoms with van der Waals surface area (Å²) in [6.07, 6.45) is 2.33. The molecule has 14 heavy (non-hydrogen) atoms. The van der Waals surface area contributed by atoms with Crippen LogP contribution in [0.15, 0.2) is 18.3 Å². The Labute approximate surface area is 83.8 Å². The summed E-state index contributed by atoms with van der Waals surface area (Å²) in [4.78, 5) is 4.03. The van der Waals surface area contributed by atoms with Crippen LogP contribution >= 0.6 is 0 Å². The first-order valence-electron chi connectivity index (χ1n) is 4.36. The third-order valence-corrected chi connectivity index (χ3v) is 1.61. The van der Waals surface area contributed by atoms with Crippen molar-refractivity contribution in [2.45, 2.75) is 6.42 Å². The van der Waals surface area contributed by atoms with Crippen LogP contribution < -0.4 is 5.32 Å². The van der Waals surface area contributed by atoms with E-state index in [1.165, 1.54) is 6.20 Å². The van der Waals surface area contributed by atoms with Crippen LogP contribution in [0, 0.1) is 23.2 Å². The van der Waals surface area contributed by atoms with Gasteiger partial charge in [-0.05, 0) is 25.1 Å². The summed E-state index contributed by atoms with van der Waals surface area (Å²) >= 11 is 0. The van der Waals surface area contributed by atoms with Crippen LogP contribution in [0.3, 0.4) is 0 Å². The third kappa shape index (κ3) is 3.26. The highest BCUT2D eigenvalue weighted by molar-refractivity contribution is 5.33. The maximum absolute atomic E-state index is 8.54. The van der Waals surface area contributed by atoms with Crippen LogP contribution in [-0.2, 0) is 0 Å². The summed E-state index contributed by atoms with van der Waals surface area (Å²) in [6.45, 7) is 0.878. The molecule has 0 atom stereocenters. The zero-order chi connectivity index (χ0) is 10.2. The Hall–Kier alpha value is -1.84. The van der Waals surface area contributed by atoms with Crippen molar-refractivity contribution in [1.82, 2.24) is 10.3 Å². The first-order valence-corrected chi connectivity index (χ1v) is 4.36. The number of nitriles is 1. The molecule has 70 valence electrons. The zero-order valence-corrected chi connectivity index (χ0v) is 8.04. The van der Waals surface area contributed by atoms with E-state index in [1.807, 2.05) is 13.1 Å². The van der Waals surface area contributed by atoms with Gasteiger partial charge in [0.1, 0.15) is 11.8 Å². The van der Waals surface area contributed by atoms with Crippen LogP contribution in [0.5, 0.6) is 0 Å². The largest absolute Gasteiger partial charge is 0.319 e. The summed E-state index contributed by atoms with van der Waals surface area (Å²) in [5, 5.41) is 11.5. The normalized spacial score (nSPS) is 8.57. The van der Waals surface area contributed by atoms with Gasteiger partial charge in [0.25, 0.3) is 0 Å². The molecule has 1 aromatic heterocycles. The quantitative estimate of drug-likeness (QED) is 0.550. The van der Waals surface area contributed by atoms with Gasteiger partial charge in [-0.1, -0.05) is 5.92 Å². The zero-order valence-electron chi connectivity index (χ0n) is 8.04. The Balaban J connectivity index is 2.59. The Morgan fingerprint density at radius 2 is 2.36 bits per heavy atom. The van der Waals surface area contributed by atoms with Crippen molar-refractivity contribution < 1.29 is 0 Å². The van der Waals surface area contributed by atoms with Crippen LogP contribution in [0.2, 0.25) is 0 Å². The summed E-state index contributed by atoms with van der Waals surface area (Å²) in [5.74, 6) is 5.90. The minimum atomic E-state index is 0.561. The van der Waals surface area contributed by atoms with Gasteiger partial charge < -0.3 is 5.32 Å². The molecule has 3 heteroatoms. The molecule has 0 fully saturated rings. The summed E-state index contributed by atoms with van der Waals surface area (Å²) in [7, 11) is 1.89. The van der Waals surface area contributed by atoms with Crippen molar-refractivity contribution in [3.63, 3.8) is 0 Å². The summed E-state index contributed by atoms with van der Waals surface area (Å²) < 4.78 is 0. The Morgan fingerprint density at radius 1 is 1.50 bits per heavy atom. The molecule has 0 aliphatic heterocycles. The fourth-order valence-corrected chi connectivity index (χ4v) is 0.875. The molecule has 1 N–H and O–H groups in total. The standard InChI is InChI=1S/C11H11N3/c1-13-7-3-2-4-11-6-5-10(8-12)9-14-11/h5-6,9,13H,3,7H2,1H3. The van der Waals surface area contributed by atoms with Crippen LogP contribution in [0.1, 0.15) is 17.7 Å². The van der Waals surface area contributed by atoms with E-state index in [1.54, 1.807) is 12.1 Å². The van der Waals surface area contributed by atoms with E-state index in [0.29, 0.717) is 11.3 Å². The summed E-state index contributed by atoms with van der Waals surface area (Å²) in [5.41, 5.74) is 1.27. The number of hydrogen-bond acceptors (Lipinski definition) is 3. The molecule has 1 rings (SSSR count). The van der Waals surface area contributed by atoms with Gasteiger partial charge in [0, 0.05) is 19.2 Å². The van der Waals surface area contributed by atoms with E-state index in [2.05, 4.69) is 22.1 Å². The van der Waals surface area contributed by atoms with Gasteiger partial charge in [-0.2, -0.15) is 5.26 Å². The molecule has 1 heterocycles. The number of nitrogens with zero attached hydrogens (tertiary/aromatic N) is 2. The molecule has 0 saturated carbocycles. The number of aromatic nitrogens is 1. The molecule has 0 aliphatic rings. The van der Waals surface area contributed by atoms with E-state index in [-0.39, 0.29) is 0 Å². The predicted octanol–water partition coefficient (Wildman–Crippen LogP) is 0.914. The SMILES string of the molecule is CNCCC#Cc1ccc(C#N)cn1. The summed E-state index contributed by atoms with van der Waals surface area (Å²) in [6, 6.07) is 5.48. The third-order valence-electron chi connectivity index (χ3n) is 1.61. The molecule has 0 unspecified atom stereocenters. The van der Waals surface area contributed by atoms with Gasteiger partial charge in [0.05, 0.1) is 5.56 Å². The number of nitrogens with one attached hydrogen (secondary N) is 1. The second-order valence-electron chi connectivity index (χ2n) is 2.70. The lowest BCUT2D eigenvalue weighted by atomic mass is 10.2. The fourth-order valence-electron chi connectivity index (χ4n) is 0.875. The smallest absolute Gasteiger partial charge is 0.113 e. The fraction of sp³-hybridized carbons (Fsp3) is 0.273. The van der Waals surface area contributed by atoms with E-state index in [4.69, 9.17) is 5.26 Å². The maximum atomic E-state index is 8.54. The lowest BCUT2D eigenvalue weighted by Gasteiger charge is -1.90. The highest BCUT2D eigenvalue weighted by Gasteiger charge is 1.89. The molecule has 1 aromatic rings. The molecular weight excluding hydrogens is 174 g/mol. The van der Waals surface area contributed by atoms with Crippen molar-refractivity contribution in [3.8, 4) is 17.9 Å². The van der Waals surface area contributed by atoms with Gasteiger partial charge in [0.2, 0.25) is 0 Å². The minimum Gasteiger partial charge on any atom is -0.319 e. The second kappa shape index (κ2) is 5.75. The van der Waals surface area contributed by atoms with E-state index < -0.39 is 0 Å². The van der Waals surface area contributed by atoms with Crippen LogP contribution in [0.25, 0.3) is 0 Å². The molecular formula is C11H11N3. The molecule has 0 aliphatic carbocycles. The van der Waals surface area contributed by atoms with Gasteiger partial charge in [-0.25, -0.2) is 4.98 Å². The second-order valence-corrected chi connectivity index (χ2v) is 2.70. The van der Waals surface area contributed by atoms with Crippen molar-refractivity contribution >= 4 is 0 Å². The predicted molar refractivity (Wildman–Crippen MR) is 54.4 cm³/mol. The first kappa shape index (κ1) is 10.2. The average Bonchev–Trinajstić information content (AvgIpc) is 2.25. The van der Waals surface area contributed by atoms with Gasteiger partial charge in [-0.3, -0.25) is 0 Å². The highest BCUT2D eigenvalue weighted by Crippen LogP contribution is 1.96. The Morgan fingerprint density at radius 3 is 2.93 bits per heavy atom. The topological polar surface area (TPSA) is 48.7 Å². The maximum Gasteiger partial charge on any atom is 0.113 e. The Kier molecular flexibility index (Phi) is 4.20. The van der Waals surface area contributed by atoms with Crippen molar-refractivity contribution in [3.05, 3.63) is 29.6 Å². The van der Waals surface area contributed by atoms with Gasteiger partial charge in [-0.15, -0.1) is 0 Å². The van der Waals surface area contributed by atoms with Crippen LogP contribution in [0.4, 0.5) is 0 Å². The first-order chi connectivity index (χ1) is 6.86. The highest BCUT2D eigenvalue weighted by atomic mass is 14.8. The molecule has 0 aromatic carbocycles. The van der Waals surface area contributed by atoms with Crippen molar-refractivity contribution in [2.75, 3.05) is 13.6 Å². The Bertz CT molecular complexity index is 376. The van der Waals surface area contributed by atoms with Gasteiger partial charge in [0.15, 0.2) is 0 Å². The lowest BCUT2D eigenvalue weighted by Crippen LogP contribution is -2.05.